The van der Waals surface area contributed by atoms with Crippen LogP contribution in [0.5, 0.6) is 0 Å². The summed E-state index contributed by atoms with van der Waals surface area (Å²) in [5, 5.41) is 2.02. The maximum absolute atomic E-state index is 6.33. The number of rotatable bonds is 5. The highest BCUT2D eigenvalue weighted by Crippen LogP contribution is 2.36. The highest BCUT2D eigenvalue weighted by Gasteiger charge is 2.31. The Balaban J connectivity index is 2.11. The summed E-state index contributed by atoms with van der Waals surface area (Å²) in [5.41, 5.74) is 4.18. The minimum atomic E-state index is 0.261. The largest absolute Gasteiger partial charge is 0.271 e. The van der Waals surface area contributed by atoms with Crippen LogP contribution in [-0.2, 0) is 6.42 Å². The maximum atomic E-state index is 6.33. The number of hydrogen-bond donors (Lipinski definition) is 2. The minimum Gasteiger partial charge on any atom is -0.271 e. The summed E-state index contributed by atoms with van der Waals surface area (Å²) in [6.07, 6.45) is 2.06. The Bertz CT molecular complexity index is 447. The van der Waals surface area contributed by atoms with Crippen molar-refractivity contribution >= 4 is 51.1 Å². The first-order chi connectivity index (χ1) is 9.65. The van der Waals surface area contributed by atoms with Gasteiger partial charge < -0.3 is 0 Å². The number of nitrogens with one attached hydrogen (secondary N) is 1. The summed E-state index contributed by atoms with van der Waals surface area (Å²) in [6, 6.07) is 6.33. The normalized spacial score (nSPS) is 24.6. The quantitative estimate of drug-likeness (QED) is 0.581. The molecule has 112 valence electrons. The standard InChI is InChI=1S/C14H20BrClN2S2/c1-2-13-14(20-6-5-19-13)12(18-17)7-9-3-4-10(15)8-11(9)16/h3-4,8,12-14,18H,2,5-7,17H2,1H3. The van der Waals surface area contributed by atoms with Gasteiger partial charge >= 0.3 is 0 Å². The molecule has 6 heteroatoms. The number of thioether (sulfide) groups is 2. The van der Waals surface area contributed by atoms with Crippen LogP contribution in [-0.4, -0.2) is 28.0 Å². The van der Waals surface area contributed by atoms with E-state index in [1.807, 2.05) is 23.9 Å². The third kappa shape index (κ3) is 4.31. The van der Waals surface area contributed by atoms with E-state index < -0.39 is 0 Å². The van der Waals surface area contributed by atoms with Crippen molar-refractivity contribution < 1.29 is 0 Å². The summed E-state index contributed by atoms with van der Waals surface area (Å²) >= 11 is 13.9. The molecule has 0 spiro atoms. The average Bonchev–Trinajstić information content (AvgIpc) is 2.46. The van der Waals surface area contributed by atoms with Crippen molar-refractivity contribution in [2.75, 3.05) is 11.5 Å². The fourth-order valence-electron chi connectivity index (χ4n) is 2.51. The van der Waals surface area contributed by atoms with Crippen LogP contribution in [0.1, 0.15) is 18.9 Å². The lowest BCUT2D eigenvalue weighted by Crippen LogP contribution is -2.49. The lowest BCUT2D eigenvalue weighted by atomic mass is 10.0. The molecule has 1 aliphatic rings. The molecule has 3 unspecified atom stereocenters. The summed E-state index contributed by atoms with van der Waals surface area (Å²) in [7, 11) is 0. The minimum absolute atomic E-state index is 0.261. The van der Waals surface area contributed by atoms with Crippen LogP contribution in [0.25, 0.3) is 0 Å². The zero-order valence-electron chi connectivity index (χ0n) is 11.4. The van der Waals surface area contributed by atoms with Gasteiger partial charge in [-0.2, -0.15) is 23.5 Å². The van der Waals surface area contributed by atoms with E-state index in [-0.39, 0.29) is 6.04 Å². The van der Waals surface area contributed by atoms with Gasteiger partial charge in [0.25, 0.3) is 0 Å². The highest BCUT2D eigenvalue weighted by atomic mass is 79.9. The first-order valence-electron chi connectivity index (χ1n) is 6.79. The number of halogens is 2. The van der Waals surface area contributed by atoms with E-state index >= 15 is 0 Å². The fraction of sp³-hybridized carbons (Fsp3) is 0.571. The first-order valence-corrected chi connectivity index (χ1v) is 10.1. The van der Waals surface area contributed by atoms with E-state index in [2.05, 4.69) is 46.1 Å². The predicted molar refractivity (Wildman–Crippen MR) is 96.8 cm³/mol. The monoisotopic (exact) mass is 394 g/mol. The van der Waals surface area contributed by atoms with E-state index in [1.165, 1.54) is 17.9 Å². The lowest BCUT2D eigenvalue weighted by Gasteiger charge is -2.35. The van der Waals surface area contributed by atoms with Crippen molar-refractivity contribution in [3.05, 3.63) is 33.3 Å². The van der Waals surface area contributed by atoms with Crippen LogP contribution in [0.15, 0.2) is 22.7 Å². The third-order valence-corrected chi connectivity index (χ3v) is 7.81. The van der Waals surface area contributed by atoms with Crippen LogP contribution in [0.3, 0.4) is 0 Å². The molecular formula is C14H20BrClN2S2. The molecule has 0 amide bonds. The molecule has 1 fully saturated rings. The van der Waals surface area contributed by atoms with Crippen LogP contribution >= 0.6 is 51.1 Å². The Labute approximate surface area is 143 Å². The SMILES string of the molecule is CCC1SCCSC1C(Cc1ccc(Br)cc1Cl)NN. The van der Waals surface area contributed by atoms with Gasteiger partial charge in [0.05, 0.1) is 0 Å². The van der Waals surface area contributed by atoms with Gasteiger partial charge in [0.1, 0.15) is 0 Å². The second-order valence-corrected chi connectivity index (χ2v) is 8.82. The van der Waals surface area contributed by atoms with E-state index in [0.717, 1.165) is 21.5 Å². The van der Waals surface area contributed by atoms with Gasteiger partial charge in [0, 0.05) is 37.5 Å². The van der Waals surface area contributed by atoms with Gasteiger partial charge in [-0.15, -0.1) is 0 Å². The smallest absolute Gasteiger partial charge is 0.0449 e. The average molecular weight is 396 g/mol. The predicted octanol–water partition coefficient (Wildman–Crippen LogP) is 4.10. The molecule has 0 aromatic heterocycles. The molecule has 2 rings (SSSR count). The van der Waals surface area contributed by atoms with Crippen LogP contribution in [0.2, 0.25) is 5.02 Å². The first kappa shape index (κ1) is 17.0. The maximum Gasteiger partial charge on any atom is 0.0449 e. The van der Waals surface area contributed by atoms with E-state index in [9.17, 15) is 0 Å². The van der Waals surface area contributed by atoms with Crippen LogP contribution in [0, 0.1) is 0 Å². The molecule has 1 heterocycles. The highest BCUT2D eigenvalue weighted by molar-refractivity contribution is 9.10. The fourth-order valence-corrected chi connectivity index (χ4v) is 6.50. The molecule has 3 atom stereocenters. The van der Waals surface area contributed by atoms with Gasteiger partial charge in [0.15, 0.2) is 0 Å². The Morgan fingerprint density at radius 2 is 2.20 bits per heavy atom. The number of hydrogen-bond acceptors (Lipinski definition) is 4. The Hall–Kier alpha value is 0.610. The molecule has 3 N–H and O–H groups in total. The second-order valence-electron chi connectivity index (χ2n) is 4.87. The summed E-state index contributed by atoms with van der Waals surface area (Å²) < 4.78 is 1.01. The molecule has 0 saturated carbocycles. The molecule has 1 aromatic rings. The van der Waals surface area contributed by atoms with Crippen molar-refractivity contribution in [1.82, 2.24) is 5.43 Å². The molecule has 1 aromatic carbocycles. The van der Waals surface area contributed by atoms with Crippen molar-refractivity contribution in [3.63, 3.8) is 0 Å². The van der Waals surface area contributed by atoms with Gasteiger partial charge in [-0.1, -0.05) is 40.5 Å². The Morgan fingerprint density at radius 1 is 1.45 bits per heavy atom. The molecule has 2 nitrogen and oxygen atoms in total. The molecular weight excluding hydrogens is 376 g/mol. The van der Waals surface area contributed by atoms with Crippen molar-refractivity contribution in [2.24, 2.45) is 5.84 Å². The summed E-state index contributed by atoms with van der Waals surface area (Å²) in [4.78, 5) is 0. The topological polar surface area (TPSA) is 38.0 Å². The zero-order valence-corrected chi connectivity index (χ0v) is 15.4. The van der Waals surface area contributed by atoms with Crippen LogP contribution in [0.4, 0.5) is 0 Å². The molecule has 0 aliphatic carbocycles. The zero-order chi connectivity index (χ0) is 14.5. The van der Waals surface area contributed by atoms with E-state index in [4.69, 9.17) is 17.4 Å². The van der Waals surface area contributed by atoms with Gasteiger partial charge in [-0.25, -0.2) is 0 Å². The third-order valence-electron chi connectivity index (χ3n) is 3.56. The van der Waals surface area contributed by atoms with Gasteiger partial charge in [-0.05, 0) is 30.5 Å². The van der Waals surface area contributed by atoms with E-state index in [0.29, 0.717) is 10.5 Å². The molecule has 1 saturated heterocycles. The Kier molecular flexibility index (Phi) is 7.04. The molecule has 1 aliphatic heterocycles. The molecule has 0 radical (unpaired) electrons. The Morgan fingerprint density at radius 3 is 2.85 bits per heavy atom. The summed E-state index contributed by atoms with van der Waals surface area (Å²) in [5.74, 6) is 8.28. The van der Waals surface area contributed by atoms with Gasteiger partial charge in [0.2, 0.25) is 0 Å². The second kappa shape index (κ2) is 8.30. The lowest BCUT2D eigenvalue weighted by molar-refractivity contribution is 0.490. The van der Waals surface area contributed by atoms with E-state index in [1.54, 1.807) is 0 Å². The molecule has 20 heavy (non-hydrogen) atoms. The number of hydrazine groups is 1. The number of nitrogens with two attached hydrogens (primary N) is 1. The van der Waals surface area contributed by atoms with Crippen molar-refractivity contribution in [2.45, 2.75) is 36.3 Å². The van der Waals surface area contributed by atoms with Crippen molar-refractivity contribution in [3.8, 4) is 0 Å². The van der Waals surface area contributed by atoms with Gasteiger partial charge in [-0.3, -0.25) is 11.3 Å². The van der Waals surface area contributed by atoms with Crippen molar-refractivity contribution in [1.29, 1.82) is 0 Å². The molecule has 0 bridgehead atoms. The summed E-state index contributed by atoms with van der Waals surface area (Å²) in [6.45, 7) is 2.26. The van der Waals surface area contributed by atoms with Crippen LogP contribution < -0.4 is 11.3 Å². The number of benzene rings is 1.